The molecule has 24 heavy (non-hydrogen) atoms. The van der Waals surface area contributed by atoms with Gasteiger partial charge in [-0.3, -0.25) is 0 Å². The van der Waals surface area contributed by atoms with Crippen LogP contribution in [-0.4, -0.2) is 37.6 Å². The van der Waals surface area contributed by atoms with Crippen molar-refractivity contribution in [3.8, 4) is 0 Å². The van der Waals surface area contributed by atoms with Crippen molar-refractivity contribution in [2.75, 3.05) is 6.61 Å². The summed E-state index contributed by atoms with van der Waals surface area (Å²) >= 11 is 0. The highest BCUT2D eigenvalue weighted by atomic mass is 31.2. The topological polar surface area (TPSA) is 101 Å². The van der Waals surface area contributed by atoms with Crippen molar-refractivity contribution in [2.45, 2.75) is 109 Å². The van der Waals surface area contributed by atoms with Gasteiger partial charge < -0.3 is 24.9 Å². The van der Waals surface area contributed by atoms with Gasteiger partial charge in [-0.15, -0.1) is 0 Å². The fourth-order valence-electron chi connectivity index (χ4n) is 2.67. The first-order valence-corrected chi connectivity index (χ1v) is 10.9. The van der Waals surface area contributed by atoms with Crippen molar-refractivity contribution in [3.05, 3.63) is 0 Å². The van der Waals surface area contributed by atoms with Crippen LogP contribution in [0.4, 0.5) is 0 Å². The Hall–Kier alpha value is 0.230. The van der Waals surface area contributed by atoms with Gasteiger partial charge in [0.1, 0.15) is 0 Å². The fraction of sp³-hybridized carbons (Fsp3) is 1.00. The van der Waals surface area contributed by atoms with Gasteiger partial charge in [0.2, 0.25) is 0 Å². The summed E-state index contributed by atoms with van der Waals surface area (Å²) in [5, 5.41) is 17.9. The van der Waals surface area contributed by atoms with Crippen molar-refractivity contribution in [2.24, 2.45) is 0 Å². The van der Waals surface area contributed by atoms with E-state index in [2.05, 4.69) is 6.92 Å². The van der Waals surface area contributed by atoms with Crippen molar-refractivity contribution in [1.82, 2.24) is 0 Å². The monoisotopic (exact) mass is 368 g/mol. The third-order valence-corrected chi connectivity index (χ3v) is 4.10. The number of aliphatic hydroxyl groups excluding tert-OH is 2. The Kier molecular flexibility index (Phi) is 25.6. The Morgan fingerprint density at radius 1 is 0.625 bits per heavy atom. The summed E-state index contributed by atoms with van der Waals surface area (Å²) in [6, 6.07) is 0. The summed E-state index contributed by atoms with van der Waals surface area (Å²) in [6.07, 6.45) is 19.3. The zero-order valence-electron chi connectivity index (χ0n) is 15.6. The first-order valence-electron chi connectivity index (χ1n) is 9.70. The van der Waals surface area contributed by atoms with E-state index in [0.29, 0.717) is 0 Å². The van der Waals surface area contributed by atoms with Gasteiger partial charge in [0.25, 0.3) is 0 Å². The van der Waals surface area contributed by atoms with E-state index in [9.17, 15) is 5.11 Å². The highest BCUT2D eigenvalue weighted by Crippen LogP contribution is 2.13. The molecule has 0 aromatic heterocycles. The maximum Gasteiger partial charge on any atom is 0.324 e. The lowest BCUT2D eigenvalue weighted by molar-refractivity contribution is 0.0860. The molecule has 0 aromatic rings. The molecule has 6 heteroatoms. The number of hydrogen-bond donors (Lipinski definition) is 5. The summed E-state index contributed by atoms with van der Waals surface area (Å²) < 4.78 is 0. The molecule has 0 rings (SSSR count). The molecule has 0 spiro atoms. The highest BCUT2D eigenvalue weighted by Gasteiger charge is 2.00. The quantitative estimate of drug-likeness (QED) is 0.205. The summed E-state index contributed by atoms with van der Waals surface area (Å²) in [7, 11) is -2.62. The molecule has 1 unspecified atom stereocenters. The number of unbranched alkanes of at least 4 members (excludes halogenated alkanes) is 13. The Balaban J connectivity index is 0. The highest BCUT2D eigenvalue weighted by molar-refractivity contribution is 7.38. The van der Waals surface area contributed by atoms with Gasteiger partial charge in [0, 0.05) is 0 Å². The van der Waals surface area contributed by atoms with E-state index in [0.717, 1.165) is 12.8 Å². The van der Waals surface area contributed by atoms with Crippen molar-refractivity contribution in [3.63, 3.8) is 0 Å². The van der Waals surface area contributed by atoms with Gasteiger partial charge in [-0.2, -0.15) is 0 Å². The van der Waals surface area contributed by atoms with Gasteiger partial charge in [0.15, 0.2) is 0 Å². The van der Waals surface area contributed by atoms with Gasteiger partial charge in [0.05, 0.1) is 12.7 Å². The van der Waals surface area contributed by atoms with Crippen LogP contribution in [0.2, 0.25) is 0 Å². The summed E-state index contributed by atoms with van der Waals surface area (Å²) in [5.74, 6) is 0. The van der Waals surface area contributed by atoms with Crippen molar-refractivity contribution >= 4 is 8.60 Å². The maximum absolute atomic E-state index is 9.20. The fourth-order valence-corrected chi connectivity index (χ4v) is 2.67. The van der Waals surface area contributed by atoms with E-state index in [1.165, 1.54) is 83.5 Å². The summed E-state index contributed by atoms with van der Waals surface area (Å²) in [6.45, 7) is 2.19. The van der Waals surface area contributed by atoms with Gasteiger partial charge >= 0.3 is 8.60 Å². The van der Waals surface area contributed by atoms with Crippen LogP contribution in [0.3, 0.4) is 0 Å². The minimum atomic E-state index is -2.62. The van der Waals surface area contributed by atoms with Crippen LogP contribution in [0.15, 0.2) is 0 Å². The summed E-state index contributed by atoms with van der Waals surface area (Å²) in [5.41, 5.74) is 0. The number of hydrogen-bond acceptors (Lipinski definition) is 5. The molecule has 0 aliphatic heterocycles. The van der Waals surface area contributed by atoms with E-state index < -0.39 is 14.7 Å². The second kappa shape index (κ2) is 23.2. The van der Waals surface area contributed by atoms with E-state index >= 15 is 0 Å². The Morgan fingerprint density at radius 3 is 1.21 bits per heavy atom. The molecular formula is C18H41O5P. The van der Waals surface area contributed by atoms with E-state index in [1.54, 1.807) is 0 Å². The number of aliphatic hydroxyl groups is 2. The molecule has 0 bridgehead atoms. The third-order valence-electron chi connectivity index (χ3n) is 4.10. The molecule has 0 aliphatic carbocycles. The molecule has 0 aromatic carbocycles. The molecule has 0 radical (unpaired) electrons. The van der Waals surface area contributed by atoms with E-state index in [4.69, 9.17) is 19.8 Å². The first-order chi connectivity index (χ1) is 11.5. The number of rotatable bonds is 16. The van der Waals surface area contributed by atoms with Crippen LogP contribution < -0.4 is 0 Å². The molecule has 0 heterocycles. The van der Waals surface area contributed by atoms with Crippen LogP contribution in [0, 0.1) is 0 Å². The van der Waals surface area contributed by atoms with Crippen LogP contribution in [0.25, 0.3) is 0 Å². The van der Waals surface area contributed by atoms with Crippen LogP contribution in [-0.2, 0) is 0 Å². The predicted octanol–water partition coefficient (Wildman–Crippen LogP) is 4.40. The predicted molar refractivity (Wildman–Crippen MR) is 102 cm³/mol. The van der Waals surface area contributed by atoms with Crippen LogP contribution >= 0.6 is 8.60 Å². The zero-order chi connectivity index (χ0) is 18.5. The van der Waals surface area contributed by atoms with E-state index in [1.807, 2.05) is 0 Å². The molecular weight excluding hydrogens is 327 g/mol. The lowest BCUT2D eigenvalue weighted by Gasteiger charge is -2.06. The van der Waals surface area contributed by atoms with Crippen LogP contribution in [0.1, 0.15) is 103 Å². The van der Waals surface area contributed by atoms with Crippen molar-refractivity contribution < 1.29 is 24.9 Å². The SMILES string of the molecule is CCCCCCCCCCCCCCCCC(O)CO.OP(O)O. The Labute approximate surface area is 150 Å². The van der Waals surface area contributed by atoms with Crippen molar-refractivity contribution in [1.29, 1.82) is 0 Å². The molecule has 148 valence electrons. The second-order valence-corrected chi connectivity index (χ2v) is 7.03. The minimum Gasteiger partial charge on any atom is -0.394 e. The zero-order valence-corrected chi connectivity index (χ0v) is 16.5. The maximum atomic E-state index is 9.20. The van der Waals surface area contributed by atoms with Gasteiger partial charge in [-0.25, -0.2) is 0 Å². The van der Waals surface area contributed by atoms with Crippen LogP contribution in [0.5, 0.6) is 0 Å². The molecule has 0 saturated carbocycles. The smallest absolute Gasteiger partial charge is 0.324 e. The largest absolute Gasteiger partial charge is 0.394 e. The molecule has 0 saturated heterocycles. The van der Waals surface area contributed by atoms with E-state index in [-0.39, 0.29) is 6.61 Å². The molecule has 0 fully saturated rings. The van der Waals surface area contributed by atoms with Gasteiger partial charge in [-0.1, -0.05) is 96.8 Å². The molecule has 1 atom stereocenters. The average Bonchev–Trinajstić information content (AvgIpc) is 2.54. The summed E-state index contributed by atoms with van der Waals surface area (Å²) in [4.78, 5) is 21.7. The third kappa shape index (κ3) is 30.1. The van der Waals surface area contributed by atoms with Gasteiger partial charge in [-0.05, 0) is 6.42 Å². The Morgan fingerprint density at radius 2 is 0.917 bits per heavy atom. The molecule has 5 N–H and O–H groups in total. The minimum absolute atomic E-state index is 0.0849. The normalized spacial score (nSPS) is 12.1. The lowest BCUT2D eigenvalue weighted by Crippen LogP contribution is -2.10. The standard InChI is InChI=1S/C18H38O2.H3O3P/c1-2-3-4-5-6-7-8-9-10-11-12-13-14-15-16-18(20)17-19;1-4(2)3/h18-20H,2-17H2,1H3;1-3H. The lowest BCUT2D eigenvalue weighted by atomic mass is 10.0. The average molecular weight is 368 g/mol. The second-order valence-electron chi connectivity index (χ2n) is 6.49. The molecule has 0 aliphatic rings. The molecule has 5 nitrogen and oxygen atoms in total. The first kappa shape index (κ1) is 26.5. The molecule has 0 amide bonds. The Bertz CT molecular complexity index is 215.